The van der Waals surface area contributed by atoms with Crippen molar-refractivity contribution in [2.45, 2.75) is 45.0 Å². The third-order valence-electron chi connectivity index (χ3n) is 5.96. The van der Waals surface area contributed by atoms with Crippen LogP contribution in [0, 0.1) is 0 Å². The van der Waals surface area contributed by atoms with Gasteiger partial charge in [0.15, 0.2) is 28.9 Å². The number of ether oxygens (including phenoxy) is 2. The molecular formula is C25H28N8O6. The molecule has 0 radical (unpaired) electrons. The van der Waals surface area contributed by atoms with E-state index in [1.165, 1.54) is 28.8 Å². The fourth-order valence-electron chi connectivity index (χ4n) is 4.05. The van der Waals surface area contributed by atoms with Gasteiger partial charge < -0.3 is 30.2 Å². The average Bonchev–Trinajstić information content (AvgIpc) is 3.50. The predicted octanol–water partition coefficient (Wildman–Crippen LogP) is 1.68. The summed E-state index contributed by atoms with van der Waals surface area (Å²) in [5.74, 6) is -0.595. The van der Waals surface area contributed by atoms with Crippen molar-refractivity contribution in [1.82, 2.24) is 25.1 Å². The van der Waals surface area contributed by atoms with Gasteiger partial charge in [-0.3, -0.25) is 14.5 Å². The number of nitrogens with one attached hydrogen (secondary N) is 1. The fourth-order valence-corrected chi connectivity index (χ4v) is 4.05. The molecule has 1 saturated heterocycles. The van der Waals surface area contributed by atoms with Gasteiger partial charge >= 0.3 is 0 Å². The summed E-state index contributed by atoms with van der Waals surface area (Å²) in [6, 6.07) is 8.04. The number of morpholine rings is 1. The summed E-state index contributed by atoms with van der Waals surface area (Å²) in [6.45, 7) is 7.17. The molecule has 0 saturated carbocycles. The number of hydrogen-bond donors (Lipinski definition) is 3. The molecule has 1 aliphatic rings. The molecule has 2 amide bonds. The zero-order valence-corrected chi connectivity index (χ0v) is 21.8. The first-order valence-corrected chi connectivity index (χ1v) is 12.1. The van der Waals surface area contributed by atoms with Crippen LogP contribution in [0.1, 0.15) is 27.7 Å². The second-order valence-electron chi connectivity index (χ2n) is 10.2. The van der Waals surface area contributed by atoms with Gasteiger partial charge in [0.05, 0.1) is 30.4 Å². The molecule has 1 unspecified atom stereocenters. The van der Waals surface area contributed by atoms with Crippen molar-refractivity contribution >= 4 is 40.1 Å². The van der Waals surface area contributed by atoms with Crippen molar-refractivity contribution in [3.8, 4) is 11.6 Å². The van der Waals surface area contributed by atoms with E-state index in [4.69, 9.17) is 19.7 Å². The van der Waals surface area contributed by atoms with Crippen LogP contribution in [-0.2, 0) is 14.3 Å². The Labute approximate surface area is 222 Å². The van der Waals surface area contributed by atoms with Crippen LogP contribution in [0.2, 0.25) is 0 Å². The van der Waals surface area contributed by atoms with Gasteiger partial charge in [0.1, 0.15) is 5.60 Å². The first-order chi connectivity index (χ1) is 18.4. The highest BCUT2D eigenvalue weighted by molar-refractivity contribution is 6.06. The summed E-state index contributed by atoms with van der Waals surface area (Å²) in [6.07, 6.45) is 1.69. The maximum atomic E-state index is 13.4. The topological polar surface area (TPSA) is 184 Å². The van der Waals surface area contributed by atoms with Crippen LogP contribution in [0.3, 0.4) is 0 Å². The number of nitrogen functional groups attached to an aromatic ring is 1. The number of aromatic nitrogens is 5. The molecule has 4 aromatic rings. The minimum Gasteiger partial charge on any atom is -0.471 e. The number of aliphatic hydroxyl groups is 1. The van der Waals surface area contributed by atoms with E-state index in [0.29, 0.717) is 34.0 Å². The zero-order chi connectivity index (χ0) is 27.9. The van der Waals surface area contributed by atoms with Crippen molar-refractivity contribution in [3.05, 3.63) is 42.7 Å². The second-order valence-corrected chi connectivity index (χ2v) is 10.2. The van der Waals surface area contributed by atoms with Crippen LogP contribution < -0.4 is 20.7 Å². The third-order valence-corrected chi connectivity index (χ3v) is 5.96. The molecular weight excluding hydrogens is 508 g/mol. The highest BCUT2D eigenvalue weighted by atomic mass is 16.5. The minimum atomic E-state index is -2.21. The minimum absolute atomic E-state index is 0.0797. The number of rotatable bonds is 6. The van der Waals surface area contributed by atoms with Gasteiger partial charge in [0.2, 0.25) is 5.88 Å². The SMILES string of the molecule is CC(C)(C)Oc1cc(-n2ccc(N3CCO[C@H](C(C)(O)C(=O)Nc4ccc5c(N)noc5c4)C3=O)n2)cnn1. The molecule has 14 heteroatoms. The maximum absolute atomic E-state index is 13.4. The van der Waals surface area contributed by atoms with E-state index in [2.05, 4.69) is 25.8 Å². The molecule has 39 heavy (non-hydrogen) atoms. The molecule has 0 aliphatic carbocycles. The van der Waals surface area contributed by atoms with E-state index in [1.54, 1.807) is 30.5 Å². The summed E-state index contributed by atoms with van der Waals surface area (Å²) < 4.78 is 18.0. The molecule has 4 N–H and O–H groups in total. The van der Waals surface area contributed by atoms with Gasteiger partial charge in [0, 0.05) is 30.1 Å². The van der Waals surface area contributed by atoms with E-state index in [-0.39, 0.29) is 19.0 Å². The van der Waals surface area contributed by atoms with Crippen molar-refractivity contribution in [3.63, 3.8) is 0 Å². The van der Waals surface area contributed by atoms with Gasteiger partial charge in [-0.25, -0.2) is 4.68 Å². The van der Waals surface area contributed by atoms with Crippen LogP contribution in [-0.4, -0.2) is 72.5 Å². The number of carbonyl (C=O) groups excluding carboxylic acids is 2. The Balaban J connectivity index is 1.32. The lowest BCUT2D eigenvalue weighted by atomic mass is 9.95. The largest absolute Gasteiger partial charge is 0.471 e. The lowest BCUT2D eigenvalue weighted by molar-refractivity contribution is -0.165. The molecule has 1 aromatic carbocycles. The van der Waals surface area contributed by atoms with Gasteiger partial charge in [-0.2, -0.15) is 5.10 Å². The quantitative estimate of drug-likeness (QED) is 0.326. The lowest BCUT2D eigenvalue weighted by Crippen LogP contribution is -2.61. The Hall–Kier alpha value is -4.56. The number of hydrogen-bond acceptors (Lipinski definition) is 11. The fraction of sp³-hybridized carbons (Fsp3) is 0.360. The van der Waals surface area contributed by atoms with Crippen molar-refractivity contribution < 1.29 is 28.7 Å². The highest BCUT2D eigenvalue weighted by Gasteiger charge is 2.49. The van der Waals surface area contributed by atoms with Gasteiger partial charge in [0.25, 0.3) is 11.8 Å². The number of fused-ring (bicyclic) bond motifs is 1. The smallest absolute Gasteiger partial charge is 0.260 e. The van der Waals surface area contributed by atoms with Crippen LogP contribution in [0.15, 0.2) is 47.2 Å². The molecule has 14 nitrogen and oxygen atoms in total. The van der Waals surface area contributed by atoms with Crippen LogP contribution in [0.5, 0.6) is 5.88 Å². The van der Waals surface area contributed by atoms with E-state index in [1.807, 2.05) is 20.8 Å². The number of nitrogens with zero attached hydrogens (tertiary/aromatic N) is 6. The molecule has 0 spiro atoms. The third kappa shape index (κ3) is 5.24. The predicted molar refractivity (Wildman–Crippen MR) is 139 cm³/mol. The molecule has 1 aliphatic heterocycles. The normalized spacial score (nSPS) is 17.7. The highest BCUT2D eigenvalue weighted by Crippen LogP contribution is 2.28. The van der Waals surface area contributed by atoms with Gasteiger partial charge in [-0.1, -0.05) is 5.16 Å². The second kappa shape index (κ2) is 9.63. The number of nitrogens with two attached hydrogens (primary N) is 1. The molecule has 1 fully saturated rings. The standard InChI is InChI=1S/C25H28N8O6/c1-24(2,3)38-19-12-15(13-27-29-19)33-8-7-18(30-33)32-9-10-37-20(22(32)34)25(4,36)23(35)28-14-5-6-16-17(11-14)39-31-21(16)26/h5-8,11-13,20,36H,9-10H2,1-4H3,(H2,26,31)(H,28,35)/t20-,25?/m0/s1. The van der Waals surface area contributed by atoms with E-state index < -0.39 is 29.1 Å². The molecule has 3 aromatic heterocycles. The Morgan fingerprint density at radius 2 is 2.03 bits per heavy atom. The monoisotopic (exact) mass is 536 g/mol. The Bertz CT molecular complexity index is 1540. The van der Waals surface area contributed by atoms with Crippen LogP contribution in [0.4, 0.5) is 17.3 Å². The van der Waals surface area contributed by atoms with Crippen molar-refractivity contribution in [2.24, 2.45) is 0 Å². The summed E-state index contributed by atoms with van der Waals surface area (Å²) in [5, 5.41) is 30.4. The van der Waals surface area contributed by atoms with Crippen molar-refractivity contribution in [2.75, 3.05) is 29.1 Å². The summed E-state index contributed by atoms with van der Waals surface area (Å²) in [5.41, 5.74) is 4.31. The Kier molecular flexibility index (Phi) is 6.44. The summed E-state index contributed by atoms with van der Waals surface area (Å²) in [4.78, 5) is 27.8. The number of amides is 2. The van der Waals surface area contributed by atoms with Crippen LogP contribution in [0.25, 0.3) is 16.7 Å². The number of carbonyl (C=O) groups is 2. The molecule has 0 bridgehead atoms. The van der Waals surface area contributed by atoms with Gasteiger partial charge in [-0.15, -0.1) is 10.2 Å². The molecule has 204 valence electrons. The van der Waals surface area contributed by atoms with E-state index in [9.17, 15) is 14.7 Å². The van der Waals surface area contributed by atoms with Crippen LogP contribution >= 0.6 is 0 Å². The first kappa shape index (κ1) is 26.1. The maximum Gasteiger partial charge on any atom is 0.260 e. The average molecular weight is 537 g/mol. The lowest BCUT2D eigenvalue weighted by Gasteiger charge is -2.37. The van der Waals surface area contributed by atoms with E-state index >= 15 is 0 Å². The van der Waals surface area contributed by atoms with Gasteiger partial charge in [-0.05, 0) is 39.8 Å². The first-order valence-electron chi connectivity index (χ1n) is 12.1. The zero-order valence-electron chi connectivity index (χ0n) is 21.8. The number of benzene rings is 1. The Morgan fingerprint density at radius 3 is 2.79 bits per heavy atom. The summed E-state index contributed by atoms with van der Waals surface area (Å²) in [7, 11) is 0. The number of anilines is 3. The van der Waals surface area contributed by atoms with Crippen molar-refractivity contribution in [1.29, 1.82) is 0 Å². The Morgan fingerprint density at radius 1 is 1.23 bits per heavy atom. The molecule has 5 rings (SSSR count). The molecule has 4 heterocycles. The summed E-state index contributed by atoms with van der Waals surface area (Å²) >= 11 is 0. The van der Waals surface area contributed by atoms with E-state index in [0.717, 1.165) is 0 Å². The molecule has 2 atom stereocenters.